The first-order chi connectivity index (χ1) is 11.7. The Morgan fingerprint density at radius 1 is 0.875 bits per heavy atom. The van der Waals surface area contributed by atoms with E-state index >= 15 is 0 Å². The number of unbranched alkanes of at least 4 members (excludes halogenated alkanes) is 7. The molecule has 0 radical (unpaired) electrons. The number of rotatable bonds is 14. The molecule has 1 rings (SSSR count). The lowest BCUT2D eigenvalue weighted by Crippen LogP contribution is -2.44. The van der Waals surface area contributed by atoms with Crippen LogP contribution < -0.4 is 4.43 Å². The standard InChI is InChI=1S/C20H35ClO2Si/c1-4-7-8-9-10-11-12-13-17-22-24(5-2,6-3)23-20-16-14-15-19(21)18-20/h14-16,18H,4-13,17H2,1-3H3. The molecule has 24 heavy (non-hydrogen) atoms. The predicted octanol–water partition coefficient (Wildman–Crippen LogP) is 7.36. The summed E-state index contributed by atoms with van der Waals surface area (Å²) in [4.78, 5) is 0. The van der Waals surface area contributed by atoms with E-state index < -0.39 is 8.56 Å². The van der Waals surface area contributed by atoms with Crippen molar-refractivity contribution in [1.82, 2.24) is 0 Å². The molecule has 138 valence electrons. The molecule has 0 aliphatic carbocycles. The number of hydrogen-bond donors (Lipinski definition) is 0. The van der Waals surface area contributed by atoms with Crippen molar-refractivity contribution < 1.29 is 8.85 Å². The maximum Gasteiger partial charge on any atom is 0.398 e. The van der Waals surface area contributed by atoms with E-state index in [1.807, 2.05) is 24.3 Å². The van der Waals surface area contributed by atoms with E-state index in [1.54, 1.807) is 0 Å². The first kappa shape index (κ1) is 21.5. The lowest BCUT2D eigenvalue weighted by atomic mass is 10.1. The molecule has 0 saturated heterocycles. The fraction of sp³-hybridized carbons (Fsp3) is 0.700. The number of hydrogen-bond acceptors (Lipinski definition) is 2. The Labute approximate surface area is 155 Å². The molecule has 0 aliphatic heterocycles. The summed E-state index contributed by atoms with van der Waals surface area (Å²) < 4.78 is 12.6. The van der Waals surface area contributed by atoms with Gasteiger partial charge in [0.15, 0.2) is 0 Å². The molecule has 0 atom stereocenters. The second-order valence-electron chi connectivity index (χ2n) is 6.50. The van der Waals surface area contributed by atoms with Crippen LogP contribution in [0.2, 0.25) is 17.1 Å². The van der Waals surface area contributed by atoms with Crippen molar-refractivity contribution in [3.05, 3.63) is 29.3 Å². The lowest BCUT2D eigenvalue weighted by Gasteiger charge is -2.29. The first-order valence-electron chi connectivity index (χ1n) is 9.74. The van der Waals surface area contributed by atoms with Crippen LogP contribution in [0.25, 0.3) is 0 Å². The smallest absolute Gasteiger partial charge is 0.398 e. The van der Waals surface area contributed by atoms with Gasteiger partial charge in [0.2, 0.25) is 0 Å². The summed E-state index contributed by atoms with van der Waals surface area (Å²) in [6.45, 7) is 7.44. The highest BCUT2D eigenvalue weighted by Crippen LogP contribution is 2.25. The molecular formula is C20H35ClO2Si. The third kappa shape index (κ3) is 8.54. The molecule has 0 fully saturated rings. The van der Waals surface area contributed by atoms with Crippen molar-refractivity contribution in [3.8, 4) is 5.75 Å². The Morgan fingerprint density at radius 3 is 2.08 bits per heavy atom. The fourth-order valence-corrected chi connectivity index (χ4v) is 5.38. The maximum atomic E-state index is 6.29. The average Bonchev–Trinajstić information content (AvgIpc) is 2.59. The van der Waals surface area contributed by atoms with Crippen molar-refractivity contribution in [1.29, 1.82) is 0 Å². The summed E-state index contributed by atoms with van der Waals surface area (Å²) in [5.41, 5.74) is 0. The third-order valence-corrected chi connectivity index (χ3v) is 8.27. The van der Waals surface area contributed by atoms with Crippen LogP contribution >= 0.6 is 11.6 Å². The summed E-state index contributed by atoms with van der Waals surface area (Å²) in [5, 5.41) is 0.714. The van der Waals surface area contributed by atoms with Crippen molar-refractivity contribution >= 4 is 20.2 Å². The predicted molar refractivity (Wildman–Crippen MR) is 107 cm³/mol. The SMILES string of the molecule is CCCCCCCCCCO[Si](CC)(CC)Oc1cccc(Cl)c1. The Kier molecular flexibility index (Phi) is 11.5. The van der Waals surface area contributed by atoms with Gasteiger partial charge in [0.05, 0.1) is 0 Å². The van der Waals surface area contributed by atoms with Crippen molar-refractivity contribution in [2.45, 2.75) is 84.2 Å². The third-order valence-electron chi connectivity index (χ3n) is 4.54. The van der Waals surface area contributed by atoms with E-state index in [-0.39, 0.29) is 0 Å². The van der Waals surface area contributed by atoms with Gasteiger partial charge in [-0.2, -0.15) is 0 Å². The van der Waals surface area contributed by atoms with E-state index in [4.69, 9.17) is 20.5 Å². The Hall–Kier alpha value is -0.513. The molecular weight excluding hydrogens is 336 g/mol. The van der Waals surface area contributed by atoms with E-state index in [0.717, 1.165) is 30.9 Å². The summed E-state index contributed by atoms with van der Waals surface area (Å²) in [5.74, 6) is 0.841. The molecule has 0 aromatic heterocycles. The largest absolute Gasteiger partial charge is 0.520 e. The van der Waals surface area contributed by atoms with Crippen LogP contribution in [0, 0.1) is 0 Å². The van der Waals surface area contributed by atoms with Crippen LogP contribution in [-0.2, 0) is 4.43 Å². The fourth-order valence-electron chi connectivity index (χ4n) is 2.87. The maximum absolute atomic E-state index is 6.29. The van der Waals surface area contributed by atoms with E-state index in [9.17, 15) is 0 Å². The minimum Gasteiger partial charge on any atom is -0.520 e. The van der Waals surface area contributed by atoms with E-state index in [0.29, 0.717) is 5.02 Å². The zero-order valence-corrected chi connectivity index (χ0v) is 17.5. The van der Waals surface area contributed by atoms with Crippen LogP contribution in [0.5, 0.6) is 5.75 Å². The van der Waals surface area contributed by atoms with Gasteiger partial charge in [-0.15, -0.1) is 0 Å². The molecule has 2 nitrogen and oxygen atoms in total. The summed E-state index contributed by atoms with van der Waals surface area (Å²) >= 11 is 6.06. The van der Waals surface area contributed by atoms with Crippen molar-refractivity contribution in [2.75, 3.05) is 6.61 Å². The van der Waals surface area contributed by atoms with Crippen LogP contribution in [0.1, 0.15) is 72.1 Å². The molecule has 0 spiro atoms. The van der Waals surface area contributed by atoms with E-state index in [2.05, 4.69) is 20.8 Å². The molecule has 0 amide bonds. The molecule has 1 aromatic carbocycles. The first-order valence-corrected chi connectivity index (χ1v) is 12.3. The average molecular weight is 371 g/mol. The number of halogens is 1. The van der Waals surface area contributed by atoms with Gasteiger partial charge in [-0.3, -0.25) is 0 Å². The summed E-state index contributed by atoms with van der Waals surface area (Å²) in [6, 6.07) is 9.59. The zero-order valence-electron chi connectivity index (χ0n) is 15.8. The van der Waals surface area contributed by atoms with Crippen molar-refractivity contribution in [2.24, 2.45) is 0 Å². The molecule has 0 unspecified atom stereocenters. The van der Waals surface area contributed by atoms with Gasteiger partial charge in [-0.1, -0.05) is 83.4 Å². The minimum absolute atomic E-state index is 0.714. The molecule has 0 bridgehead atoms. The Bertz CT molecular complexity index is 435. The zero-order chi connectivity index (χ0) is 17.7. The van der Waals surface area contributed by atoms with Crippen LogP contribution in [-0.4, -0.2) is 15.2 Å². The molecule has 4 heteroatoms. The van der Waals surface area contributed by atoms with Crippen LogP contribution in [0.4, 0.5) is 0 Å². The summed E-state index contributed by atoms with van der Waals surface area (Å²) in [7, 11) is -2.15. The normalized spacial score (nSPS) is 11.7. The molecule has 1 aromatic rings. The van der Waals surface area contributed by atoms with Gasteiger partial charge in [0, 0.05) is 11.6 Å². The highest BCUT2D eigenvalue weighted by atomic mass is 35.5. The minimum atomic E-state index is -2.15. The van der Waals surface area contributed by atoms with E-state index in [1.165, 1.54) is 44.9 Å². The molecule has 0 saturated carbocycles. The van der Waals surface area contributed by atoms with Crippen LogP contribution in [0.3, 0.4) is 0 Å². The highest BCUT2D eigenvalue weighted by Gasteiger charge is 2.35. The van der Waals surface area contributed by atoms with Gasteiger partial charge in [-0.25, -0.2) is 0 Å². The molecule has 0 aliphatic rings. The topological polar surface area (TPSA) is 18.5 Å². The van der Waals surface area contributed by atoms with Gasteiger partial charge < -0.3 is 8.85 Å². The van der Waals surface area contributed by atoms with Gasteiger partial charge >= 0.3 is 8.56 Å². The number of benzene rings is 1. The van der Waals surface area contributed by atoms with Gasteiger partial charge in [0.25, 0.3) is 0 Å². The molecule has 0 N–H and O–H groups in total. The highest BCUT2D eigenvalue weighted by molar-refractivity contribution is 6.68. The summed E-state index contributed by atoms with van der Waals surface area (Å²) in [6.07, 6.45) is 10.6. The second-order valence-corrected chi connectivity index (χ2v) is 10.7. The molecule has 0 heterocycles. The van der Waals surface area contributed by atoms with Gasteiger partial charge in [0.1, 0.15) is 5.75 Å². The lowest BCUT2D eigenvalue weighted by molar-refractivity contribution is 0.230. The van der Waals surface area contributed by atoms with Gasteiger partial charge in [-0.05, 0) is 36.7 Å². The van der Waals surface area contributed by atoms with Crippen LogP contribution in [0.15, 0.2) is 24.3 Å². The van der Waals surface area contributed by atoms with Crippen molar-refractivity contribution in [3.63, 3.8) is 0 Å². The Morgan fingerprint density at radius 2 is 1.50 bits per heavy atom. The second kappa shape index (κ2) is 12.8. The Balaban J connectivity index is 2.29. The quantitative estimate of drug-likeness (QED) is 0.251. The monoisotopic (exact) mass is 370 g/mol.